The van der Waals surface area contributed by atoms with Gasteiger partial charge in [-0.3, -0.25) is 9.59 Å². The van der Waals surface area contributed by atoms with Crippen LogP contribution in [0, 0.1) is 12.8 Å². The fraction of sp³-hybridized carbons (Fsp3) is 0.500. The van der Waals surface area contributed by atoms with Crippen LogP contribution >= 0.6 is 0 Å². The first-order valence-electron chi connectivity index (χ1n) is 7.20. The van der Waals surface area contributed by atoms with Gasteiger partial charge in [0, 0.05) is 27.2 Å². The molecule has 0 saturated carbocycles. The van der Waals surface area contributed by atoms with Gasteiger partial charge in [-0.25, -0.2) is 0 Å². The number of aromatic hydroxyl groups is 1. The predicted octanol–water partition coefficient (Wildman–Crippen LogP) is 1.64. The lowest BCUT2D eigenvalue weighted by molar-refractivity contribution is -0.134. The molecule has 114 valence electrons. The molecule has 0 aliphatic carbocycles. The Bertz CT molecular complexity index is 554. The molecule has 5 heteroatoms. The standard InChI is InChI=1S/C16H22N2O3/c1-11-6-7-14(19)13(9-11)16(21)18-8-4-5-12(10-18)15(20)17(2)3/h6-7,9,12,19H,4-5,8,10H2,1-3H3/t12-/m1/s1. The molecule has 2 amide bonds. The number of likely N-dealkylation sites (tertiary alicyclic amines) is 1. The van der Waals surface area contributed by atoms with Gasteiger partial charge in [0.05, 0.1) is 11.5 Å². The Balaban J connectivity index is 2.16. The van der Waals surface area contributed by atoms with E-state index in [4.69, 9.17) is 0 Å². The van der Waals surface area contributed by atoms with Crippen molar-refractivity contribution in [3.63, 3.8) is 0 Å². The van der Waals surface area contributed by atoms with Crippen molar-refractivity contribution in [3.05, 3.63) is 29.3 Å². The van der Waals surface area contributed by atoms with E-state index in [1.54, 1.807) is 36.0 Å². The lowest BCUT2D eigenvalue weighted by atomic mass is 9.96. The van der Waals surface area contributed by atoms with E-state index >= 15 is 0 Å². The molecule has 0 unspecified atom stereocenters. The van der Waals surface area contributed by atoms with Crippen molar-refractivity contribution in [1.82, 2.24) is 9.80 Å². The molecule has 2 rings (SSSR count). The number of piperidine rings is 1. The summed E-state index contributed by atoms with van der Waals surface area (Å²) in [5.41, 5.74) is 1.24. The molecule has 1 saturated heterocycles. The number of hydrogen-bond donors (Lipinski definition) is 1. The van der Waals surface area contributed by atoms with Crippen molar-refractivity contribution < 1.29 is 14.7 Å². The zero-order valence-electron chi connectivity index (χ0n) is 12.8. The van der Waals surface area contributed by atoms with Crippen LogP contribution in [0.15, 0.2) is 18.2 Å². The second-order valence-electron chi connectivity index (χ2n) is 5.84. The number of carbonyl (C=O) groups excluding carboxylic acids is 2. The Hall–Kier alpha value is -2.04. The maximum absolute atomic E-state index is 12.6. The first-order chi connectivity index (χ1) is 9.90. The summed E-state index contributed by atoms with van der Waals surface area (Å²) in [6, 6.07) is 4.99. The summed E-state index contributed by atoms with van der Waals surface area (Å²) >= 11 is 0. The Morgan fingerprint density at radius 2 is 2.05 bits per heavy atom. The van der Waals surface area contributed by atoms with Gasteiger partial charge in [0.1, 0.15) is 5.75 Å². The highest BCUT2D eigenvalue weighted by atomic mass is 16.3. The molecule has 0 bridgehead atoms. The van der Waals surface area contributed by atoms with Gasteiger partial charge in [-0.15, -0.1) is 0 Å². The minimum Gasteiger partial charge on any atom is -0.507 e. The molecule has 0 radical (unpaired) electrons. The van der Waals surface area contributed by atoms with Gasteiger partial charge in [-0.2, -0.15) is 0 Å². The summed E-state index contributed by atoms with van der Waals surface area (Å²) in [6.45, 7) is 2.93. The maximum atomic E-state index is 12.6. The topological polar surface area (TPSA) is 60.9 Å². The number of rotatable bonds is 2. The molecule has 0 spiro atoms. The second kappa shape index (κ2) is 6.16. The van der Waals surface area contributed by atoms with E-state index in [1.165, 1.54) is 6.07 Å². The molecule has 1 fully saturated rings. The fourth-order valence-electron chi connectivity index (χ4n) is 2.72. The highest BCUT2D eigenvalue weighted by molar-refractivity contribution is 5.97. The summed E-state index contributed by atoms with van der Waals surface area (Å²) in [5.74, 6) is -0.301. The van der Waals surface area contributed by atoms with Crippen LogP contribution in [0.1, 0.15) is 28.8 Å². The quantitative estimate of drug-likeness (QED) is 0.900. The van der Waals surface area contributed by atoms with Crippen LogP contribution in [0.2, 0.25) is 0 Å². The third-order valence-corrected chi connectivity index (χ3v) is 3.88. The molecule has 1 heterocycles. The van der Waals surface area contributed by atoms with Gasteiger partial charge in [-0.1, -0.05) is 11.6 Å². The lowest BCUT2D eigenvalue weighted by Crippen LogP contribution is -2.45. The minimum atomic E-state index is -0.201. The normalized spacial score (nSPS) is 18.4. The maximum Gasteiger partial charge on any atom is 0.257 e. The molecular weight excluding hydrogens is 268 g/mol. The number of phenolic OH excluding ortho intramolecular Hbond substituents is 1. The zero-order chi connectivity index (χ0) is 15.6. The van der Waals surface area contributed by atoms with Crippen molar-refractivity contribution in [2.24, 2.45) is 5.92 Å². The molecule has 5 nitrogen and oxygen atoms in total. The smallest absolute Gasteiger partial charge is 0.257 e. The number of hydrogen-bond acceptors (Lipinski definition) is 3. The van der Waals surface area contributed by atoms with E-state index in [0.29, 0.717) is 18.7 Å². The third kappa shape index (κ3) is 3.35. The highest BCUT2D eigenvalue weighted by Crippen LogP contribution is 2.24. The van der Waals surface area contributed by atoms with Crippen molar-refractivity contribution in [3.8, 4) is 5.75 Å². The summed E-state index contributed by atoms with van der Waals surface area (Å²) in [5, 5.41) is 9.88. The Labute approximate surface area is 125 Å². The van der Waals surface area contributed by atoms with Crippen LogP contribution < -0.4 is 0 Å². The number of benzene rings is 1. The summed E-state index contributed by atoms with van der Waals surface area (Å²) in [7, 11) is 3.46. The number of amides is 2. The largest absolute Gasteiger partial charge is 0.507 e. The van der Waals surface area contributed by atoms with E-state index in [2.05, 4.69) is 0 Å². The summed E-state index contributed by atoms with van der Waals surface area (Å²) in [6.07, 6.45) is 1.61. The molecular formula is C16H22N2O3. The molecule has 1 aliphatic heterocycles. The van der Waals surface area contributed by atoms with Gasteiger partial charge in [0.15, 0.2) is 0 Å². The van der Waals surface area contributed by atoms with Gasteiger partial charge in [0.2, 0.25) is 5.91 Å². The van der Waals surface area contributed by atoms with Gasteiger partial charge in [-0.05, 0) is 31.9 Å². The SMILES string of the molecule is Cc1ccc(O)c(C(=O)N2CCC[C@@H](C(=O)N(C)C)C2)c1. The summed E-state index contributed by atoms with van der Waals surface area (Å²) in [4.78, 5) is 27.9. The van der Waals surface area contributed by atoms with E-state index in [-0.39, 0.29) is 23.5 Å². The molecule has 1 aromatic rings. The Kier molecular flexibility index (Phi) is 4.50. The number of aryl methyl sites for hydroxylation is 1. The van der Waals surface area contributed by atoms with E-state index < -0.39 is 0 Å². The van der Waals surface area contributed by atoms with Crippen molar-refractivity contribution in [1.29, 1.82) is 0 Å². The third-order valence-electron chi connectivity index (χ3n) is 3.88. The molecule has 1 N–H and O–H groups in total. The van der Waals surface area contributed by atoms with E-state index in [1.807, 2.05) is 6.92 Å². The van der Waals surface area contributed by atoms with E-state index in [9.17, 15) is 14.7 Å². The number of nitrogens with zero attached hydrogens (tertiary/aromatic N) is 2. The van der Waals surface area contributed by atoms with Crippen LogP contribution in [0.5, 0.6) is 5.75 Å². The minimum absolute atomic E-state index is 0.00772. The average molecular weight is 290 g/mol. The zero-order valence-corrected chi connectivity index (χ0v) is 12.8. The monoisotopic (exact) mass is 290 g/mol. The molecule has 21 heavy (non-hydrogen) atoms. The first kappa shape index (κ1) is 15.4. The molecule has 1 aliphatic rings. The Morgan fingerprint density at radius 1 is 1.33 bits per heavy atom. The average Bonchev–Trinajstić information content (AvgIpc) is 2.48. The molecule has 1 atom stereocenters. The predicted molar refractivity (Wildman–Crippen MR) is 80.2 cm³/mol. The molecule has 1 aromatic carbocycles. The van der Waals surface area contributed by atoms with Crippen LogP contribution in [0.3, 0.4) is 0 Å². The van der Waals surface area contributed by atoms with Crippen LogP contribution in [0.4, 0.5) is 0 Å². The second-order valence-corrected chi connectivity index (χ2v) is 5.84. The first-order valence-corrected chi connectivity index (χ1v) is 7.20. The van der Waals surface area contributed by atoms with Crippen molar-refractivity contribution in [2.75, 3.05) is 27.2 Å². The molecule has 0 aromatic heterocycles. The summed E-state index contributed by atoms with van der Waals surface area (Å²) < 4.78 is 0. The van der Waals surface area contributed by atoms with E-state index in [0.717, 1.165) is 18.4 Å². The van der Waals surface area contributed by atoms with Crippen LogP contribution in [0.25, 0.3) is 0 Å². The highest BCUT2D eigenvalue weighted by Gasteiger charge is 2.30. The number of carbonyl (C=O) groups is 2. The fourth-order valence-corrected chi connectivity index (χ4v) is 2.72. The Morgan fingerprint density at radius 3 is 2.71 bits per heavy atom. The van der Waals surface area contributed by atoms with Crippen LogP contribution in [-0.2, 0) is 4.79 Å². The van der Waals surface area contributed by atoms with Gasteiger partial charge in [0.25, 0.3) is 5.91 Å². The van der Waals surface area contributed by atoms with Gasteiger partial charge < -0.3 is 14.9 Å². The van der Waals surface area contributed by atoms with Crippen molar-refractivity contribution in [2.45, 2.75) is 19.8 Å². The van der Waals surface area contributed by atoms with Crippen LogP contribution in [-0.4, -0.2) is 53.9 Å². The van der Waals surface area contributed by atoms with Crippen molar-refractivity contribution >= 4 is 11.8 Å². The number of phenols is 1. The lowest BCUT2D eigenvalue weighted by Gasteiger charge is -2.33. The van der Waals surface area contributed by atoms with Gasteiger partial charge >= 0.3 is 0 Å².